The monoisotopic (exact) mass is 140 g/mol. The Morgan fingerprint density at radius 3 is 2.80 bits per heavy atom. The van der Waals surface area contributed by atoms with Crippen LogP contribution in [0.5, 0.6) is 0 Å². The first kappa shape index (κ1) is 7.80. The lowest BCUT2D eigenvalue weighted by molar-refractivity contribution is 0.0864. The van der Waals surface area contributed by atoms with Crippen molar-refractivity contribution in [3.05, 3.63) is 12.2 Å². The minimum absolute atomic E-state index is 0.518. The lowest BCUT2D eigenvalue weighted by Gasteiger charge is -2.14. The molecule has 0 aromatic carbocycles. The Morgan fingerprint density at radius 1 is 1.20 bits per heavy atom. The average Bonchev–Trinajstić information content (AvgIpc) is 1.87. The van der Waals surface area contributed by atoms with Crippen molar-refractivity contribution in [2.24, 2.45) is 0 Å². The van der Waals surface area contributed by atoms with Crippen LogP contribution in [0.3, 0.4) is 0 Å². The zero-order valence-electron chi connectivity index (χ0n) is 6.68. The van der Waals surface area contributed by atoms with E-state index in [1.807, 2.05) is 7.11 Å². The maximum atomic E-state index is 5.29. The second-order valence-electron chi connectivity index (χ2n) is 2.84. The summed E-state index contributed by atoms with van der Waals surface area (Å²) >= 11 is 0. The summed E-state index contributed by atoms with van der Waals surface area (Å²) in [5.41, 5.74) is 0. The molecule has 0 bridgehead atoms. The molecule has 0 radical (unpaired) electrons. The molecule has 10 heavy (non-hydrogen) atoms. The highest BCUT2D eigenvalue weighted by molar-refractivity contribution is 4.85. The summed E-state index contributed by atoms with van der Waals surface area (Å²) in [6, 6.07) is 0. The predicted molar refractivity (Wildman–Crippen MR) is 43.0 cm³/mol. The molecule has 1 rings (SSSR count). The molecule has 0 aromatic heterocycles. The quantitative estimate of drug-likeness (QED) is 0.508. The van der Waals surface area contributed by atoms with Gasteiger partial charge in [-0.1, -0.05) is 12.2 Å². The van der Waals surface area contributed by atoms with Gasteiger partial charge in [0.2, 0.25) is 0 Å². The van der Waals surface area contributed by atoms with Crippen LogP contribution in [-0.2, 0) is 4.74 Å². The zero-order valence-corrected chi connectivity index (χ0v) is 6.68. The SMILES string of the molecule is COC1CCC=CCCC1. The van der Waals surface area contributed by atoms with E-state index in [0.29, 0.717) is 6.10 Å². The molecule has 1 unspecified atom stereocenters. The van der Waals surface area contributed by atoms with Crippen molar-refractivity contribution in [3.8, 4) is 0 Å². The Kier molecular flexibility index (Phi) is 3.52. The van der Waals surface area contributed by atoms with Gasteiger partial charge in [-0.15, -0.1) is 0 Å². The first-order valence-electron chi connectivity index (χ1n) is 4.11. The van der Waals surface area contributed by atoms with Gasteiger partial charge in [0.1, 0.15) is 0 Å². The molecule has 1 aliphatic carbocycles. The molecule has 0 saturated carbocycles. The maximum absolute atomic E-state index is 5.29. The van der Waals surface area contributed by atoms with Gasteiger partial charge in [-0.05, 0) is 32.1 Å². The van der Waals surface area contributed by atoms with Crippen molar-refractivity contribution in [1.82, 2.24) is 0 Å². The second kappa shape index (κ2) is 4.51. The van der Waals surface area contributed by atoms with E-state index in [0.717, 1.165) is 0 Å². The van der Waals surface area contributed by atoms with Crippen LogP contribution < -0.4 is 0 Å². The van der Waals surface area contributed by atoms with E-state index >= 15 is 0 Å². The first-order valence-corrected chi connectivity index (χ1v) is 4.11. The second-order valence-corrected chi connectivity index (χ2v) is 2.84. The van der Waals surface area contributed by atoms with Crippen LogP contribution in [-0.4, -0.2) is 13.2 Å². The number of hydrogen-bond donors (Lipinski definition) is 0. The average molecular weight is 140 g/mol. The first-order chi connectivity index (χ1) is 4.93. The van der Waals surface area contributed by atoms with Crippen LogP contribution in [0.4, 0.5) is 0 Å². The minimum Gasteiger partial charge on any atom is -0.381 e. The number of hydrogen-bond acceptors (Lipinski definition) is 1. The highest BCUT2D eigenvalue weighted by Gasteiger charge is 2.06. The molecule has 0 amide bonds. The number of methoxy groups -OCH3 is 1. The fraction of sp³-hybridized carbons (Fsp3) is 0.778. The number of ether oxygens (including phenoxy) is 1. The molecule has 0 heterocycles. The molecule has 58 valence electrons. The highest BCUT2D eigenvalue weighted by Crippen LogP contribution is 2.13. The van der Waals surface area contributed by atoms with Crippen LogP contribution in [0.25, 0.3) is 0 Å². The Bertz CT molecular complexity index is 107. The van der Waals surface area contributed by atoms with Crippen molar-refractivity contribution >= 4 is 0 Å². The molecule has 0 spiro atoms. The van der Waals surface area contributed by atoms with Crippen LogP contribution in [0.1, 0.15) is 32.1 Å². The van der Waals surface area contributed by atoms with Gasteiger partial charge in [0.15, 0.2) is 0 Å². The molecule has 1 nitrogen and oxygen atoms in total. The topological polar surface area (TPSA) is 9.23 Å². The van der Waals surface area contributed by atoms with Crippen LogP contribution in [0.15, 0.2) is 12.2 Å². The summed E-state index contributed by atoms with van der Waals surface area (Å²) in [6.07, 6.45) is 11.2. The number of rotatable bonds is 1. The van der Waals surface area contributed by atoms with Gasteiger partial charge in [-0.2, -0.15) is 0 Å². The van der Waals surface area contributed by atoms with Gasteiger partial charge in [0.05, 0.1) is 6.10 Å². The lowest BCUT2D eigenvalue weighted by atomic mass is 10.0. The molecule has 0 N–H and O–H groups in total. The van der Waals surface area contributed by atoms with Crippen molar-refractivity contribution < 1.29 is 4.74 Å². The Morgan fingerprint density at radius 2 is 2.00 bits per heavy atom. The smallest absolute Gasteiger partial charge is 0.0574 e. The molecule has 0 aromatic rings. The van der Waals surface area contributed by atoms with E-state index in [1.54, 1.807) is 0 Å². The van der Waals surface area contributed by atoms with Crippen LogP contribution in [0.2, 0.25) is 0 Å². The van der Waals surface area contributed by atoms with Crippen LogP contribution in [0, 0.1) is 0 Å². The zero-order chi connectivity index (χ0) is 7.23. The molecular weight excluding hydrogens is 124 g/mol. The van der Waals surface area contributed by atoms with Crippen LogP contribution >= 0.6 is 0 Å². The normalized spacial score (nSPS) is 27.5. The highest BCUT2D eigenvalue weighted by atomic mass is 16.5. The molecular formula is C9H16O. The molecule has 0 fully saturated rings. The third-order valence-electron chi connectivity index (χ3n) is 2.05. The van der Waals surface area contributed by atoms with Crippen molar-refractivity contribution in [2.45, 2.75) is 38.2 Å². The predicted octanol–water partition coefficient (Wildman–Crippen LogP) is 2.52. The van der Waals surface area contributed by atoms with Crippen molar-refractivity contribution in [3.63, 3.8) is 0 Å². The minimum atomic E-state index is 0.518. The Balaban J connectivity index is 2.27. The Hall–Kier alpha value is -0.300. The van der Waals surface area contributed by atoms with E-state index < -0.39 is 0 Å². The van der Waals surface area contributed by atoms with Gasteiger partial charge >= 0.3 is 0 Å². The third kappa shape index (κ3) is 2.53. The fourth-order valence-electron chi connectivity index (χ4n) is 1.36. The standard InChI is InChI=1S/C9H16O/c1-10-9-7-5-3-2-4-6-8-9/h2-3,9H,4-8H2,1H3. The maximum Gasteiger partial charge on any atom is 0.0574 e. The van der Waals surface area contributed by atoms with E-state index in [-0.39, 0.29) is 0 Å². The lowest BCUT2D eigenvalue weighted by Crippen LogP contribution is -2.10. The molecule has 1 heteroatoms. The van der Waals surface area contributed by atoms with Gasteiger partial charge in [0.25, 0.3) is 0 Å². The Labute approximate surface area is 63.1 Å². The summed E-state index contributed by atoms with van der Waals surface area (Å²) in [4.78, 5) is 0. The molecule has 0 saturated heterocycles. The third-order valence-corrected chi connectivity index (χ3v) is 2.05. The van der Waals surface area contributed by atoms with E-state index in [9.17, 15) is 0 Å². The molecule has 1 atom stereocenters. The van der Waals surface area contributed by atoms with E-state index in [4.69, 9.17) is 4.74 Å². The van der Waals surface area contributed by atoms with Gasteiger partial charge in [0, 0.05) is 7.11 Å². The summed E-state index contributed by atoms with van der Waals surface area (Å²) in [6.45, 7) is 0. The summed E-state index contributed by atoms with van der Waals surface area (Å²) in [7, 11) is 1.82. The summed E-state index contributed by atoms with van der Waals surface area (Å²) < 4.78 is 5.29. The summed E-state index contributed by atoms with van der Waals surface area (Å²) in [5, 5.41) is 0. The molecule has 1 aliphatic rings. The van der Waals surface area contributed by atoms with E-state index in [1.165, 1.54) is 32.1 Å². The number of allylic oxidation sites excluding steroid dienone is 2. The molecule has 0 aliphatic heterocycles. The van der Waals surface area contributed by atoms with Crippen molar-refractivity contribution in [1.29, 1.82) is 0 Å². The summed E-state index contributed by atoms with van der Waals surface area (Å²) in [5.74, 6) is 0. The van der Waals surface area contributed by atoms with Gasteiger partial charge < -0.3 is 4.74 Å². The van der Waals surface area contributed by atoms with Gasteiger partial charge in [-0.3, -0.25) is 0 Å². The largest absolute Gasteiger partial charge is 0.381 e. The van der Waals surface area contributed by atoms with E-state index in [2.05, 4.69) is 12.2 Å². The fourth-order valence-corrected chi connectivity index (χ4v) is 1.36. The van der Waals surface area contributed by atoms with Gasteiger partial charge in [-0.25, -0.2) is 0 Å². The van der Waals surface area contributed by atoms with Crippen molar-refractivity contribution in [2.75, 3.05) is 7.11 Å².